The van der Waals surface area contributed by atoms with Crippen LogP contribution in [0.25, 0.3) is 0 Å². The number of amides is 1. The van der Waals surface area contributed by atoms with E-state index in [1.807, 2.05) is 24.3 Å². The quantitative estimate of drug-likeness (QED) is 0.710. The molecule has 1 aromatic heterocycles. The van der Waals surface area contributed by atoms with Gasteiger partial charge in [0.1, 0.15) is 23.1 Å². The smallest absolute Gasteiger partial charge is 0.275 e. The number of carbonyl (C=O) groups excluding carboxylic acids is 1. The van der Waals surface area contributed by atoms with Gasteiger partial charge >= 0.3 is 0 Å². The average molecular weight is 352 g/mol. The Hall–Kier alpha value is -3.48. The van der Waals surface area contributed by atoms with Crippen molar-refractivity contribution in [1.29, 1.82) is 0 Å². The molecule has 0 unspecified atom stereocenters. The van der Waals surface area contributed by atoms with Crippen molar-refractivity contribution in [2.24, 2.45) is 0 Å². The van der Waals surface area contributed by atoms with Crippen LogP contribution < -0.4 is 15.4 Å². The maximum Gasteiger partial charge on any atom is 0.275 e. The van der Waals surface area contributed by atoms with Crippen molar-refractivity contribution in [3.8, 4) is 5.75 Å². The minimum Gasteiger partial charge on any atom is -0.497 e. The van der Waals surface area contributed by atoms with Crippen LogP contribution in [0.5, 0.6) is 5.75 Å². The maximum absolute atomic E-state index is 13.6. The molecule has 2 N–H and O–H groups in total. The van der Waals surface area contributed by atoms with Gasteiger partial charge in [-0.3, -0.25) is 4.79 Å². The summed E-state index contributed by atoms with van der Waals surface area (Å²) in [4.78, 5) is 20.3. The molecule has 6 nitrogen and oxygen atoms in total. The summed E-state index contributed by atoms with van der Waals surface area (Å²) >= 11 is 0. The highest BCUT2D eigenvalue weighted by molar-refractivity contribution is 6.02. The Kier molecular flexibility index (Phi) is 5.38. The Morgan fingerprint density at radius 1 is 1.08 bits per heavy atom. The molecule has 0 aliphatic heterocycles. The van der Waals surface area contributed by atoms with Crippen molar-refractivity contribution >= 4 is 17.4 Å². The Labute approximate surface area is 150 Å². The molecule has 3 aromatic rings. The fraction of sp³-hybridized carbons (Fsp3) is 0.105. The van der Waals surface area contributed by atoms with Crippen molar-refractivity contribution in [3.63, 3.8) is 0 Å². The van der Waals surface area contributed by atoms with Crippen LogP contribution in [-0.2, 0) is 6.54 Å². The van der Waals surface area contributed by atoms with Crippen molar-refractivity contribution in [3.05, 3.63) is 78.0 Å². The molecule has 3 rings (SSSR count). The van der Waals surface area contributed by atoms with E-state index in [4.69, 9.17) is 4.74 Å². The Balaban J connectivity index is 1.59. The molecule has 0 fully saturated rings. The highest BCUT2D eigenvalue weighted by Crippen LogP contribution is 2.14. The van der Waals surface area contributed by atoms with Crippen molar-refractivity contribution in [2.45, 2.75) is 6.54 Å². The molecule has 0 saturated heterocycles. The van der Waals surface area contributed by atoms with E-state index < -0.39 is 11.7 Å². The third-order valence-corrected chi connectivity index (χ3v) is 3.64. The van der Waals surface area contributed by atoms with Gasteiger partial charge in [-0.25, -0.2) is 14.4 Å². The van der Waals surface area contributed by atoms with Crippen LogP contribution in [0.3, 0.4) is 0 Å². The summed E-state index contributed by atoms with van der Waals surface area (Å²) < 4.78 is 18.7. The molecule has 7 heteroatoms. The lowest BCUT2D eigenvalue weighted by atomic mass is 10.2. The Morgan fingerprint density at radius 3 is 2.50 bits per heavy atom. The fourth-order valence-electron chi connectivity index (χ4n) is 2.22. The summed E-state index contributed by atoms with van der Waals surface area (Å²) in [5.41, 5.74) is 1.25. The normalized spacial score (nSPS) is 10.2. The van der Waals surface area contributed by atoms with Crippen LogP contribution in [0.15, 0.2) is 60.9 Å². The van der Waals surface area contributed by atoms with Gasteiger partial charge in [-0.2, -0.15) is 0 Å². The van der Waals surface area contributed by atoms with E-state index in [1.165, 1.54) is 24.5 Å². The number of anilines is 2. The van der Waals surface area contributed by atoms with Gasteiger partial charge in [0.05, 0.1) is 25.2 Å². The van der Waals surface area contributed by atoms with Gasteiger partial charge in [0.15, 0.2) is 0 Å². The third-order valence-electron chi connectivity index (χ3n) is 3.64. The van der Waals surface area contributed by atoms with Gasteiger partial charge in [-0.15, -0.1) is 0 Å². The number of benzene rings is 2. The first-order valence-electron chi connectivity index (χ1n) is 7.90. The van der Waals surface area contributed by atoms with Gasteiger partial charge in [0.25, 0.3) is 5.91 Å². The monoisotopic (exact) mass is 352 g/mol. The number of rotatable bonds is 6. The van der Waals surface area contributed by atoms with E-state index >= 15 is 0 Å². The number of carbonyl (C=O) groups is 1. The number of hydrogen-bond acceptors (Lipinski definition) is 5. The first-order valence-corrected chi connectivity index (χ1v) is 7.90. The number of methoxy groups -OCH3 is 1. The fourth-order valence-corrected chi connectivity index (χ4v) is 2.22. The molecule has 0 saturated carbocycles. The standard InChI is InChI=1S/C19H17FN4O2/c1-26-14-8-6-13(7-9-14)10-22-18-12-21-17(11-23-18)19(25)24-16-5-3-2-4-15(16)20/h2-9,11-12H,10H2,1H3,(H,22,23)(H,24,25). The van der Waals surface area contributed by atoms with E-state index in [2.05, 4.69) is 20.6 Å². The molecule has 2 aromatic carbocycles. The molecule has 1 heterocycles. The molecule has 0 spiro atoms. The van der Waals surface area contributed by atoms with Crippen LogP contribution in [0.2, 0.25) is 0 Å². The zero-order chi connectivity index (χ0) is 18.4. The predicted octanol–water partition coefficient (Wildman–Crippen LogP) is 3.49. The average Bonchev–Trinajstić information content (AvgIpc) is 2.69. The van der Waals surface area contributed by atoms with Crippen molar-refractivity contribution < 1.29 is 13.9 Å². The second kappa shape index (κ2) is 8.06. The largest absolute Gasteiger partial charge is 0.497 e. The Bertz CT molecular complexity index is 883. The third kappa shape index (κ3) is 4.32. The maximum atomic E-state index is 13.6. The highest BCUT2D eigenvalue weighted by atomic mass is 19.1. The summed E-state index contributed by atoms with van der Waals surface area (Å²) in [6.45, 7) is 0.555. The minimum atomic E-state index is -0.524. The number of nitrogens with one attached hydrogen (secondary N) is 2. The molecule has 1 amide bonds. The van der Waals surface area contributed by atoms with Crippen LogP contribution in [0.1, 0.15) is 16.1 Å². The lowest BCUT2D eigenvalue weighted by molar-refractivity contribution is 0.102. The van der Waals surface area contributed by atoms with Crippen LogP contribution >= 0.6 is 0 Å². The first kappa shape index (κ1) is 17.3. The Morgan fingerprint density at radius 2 is 1.85 bits per heavy atom. The summed E-state index contributed by atoms with van der Waals surface area (Å²) in [6, 6.07) is 13.6. The lowest BCUT2D eigenvalue weighted by Gasteiger charge is -2.08. The SMILES string of the molecule is COc1ccc(CNc2cnc(C(=O)Nc3ccccc3F)cn2)cc1. The number of aromatic nitrogens is 2. The molecule has 26 heavy (non-hydrogen) atoms. The van der Waals surface area contributed by atoms with Crippen LogP contribution in [0, 0.1) is 5.82 Å². The van der Waals surface area contributed by atoms with E-state index in [0.29, 0.717) is 12.4 Å². The van der Waals surface area contributed by atoms with Gasteiger partial charge in [-0.05, 0) is 29.8 Å². The molecule has 0 aliphatic rings. The summed E-state index contributed by atoms with van der Waals surface area (Å²) in [5.74, 6) is 0.290. The zero-order valence-electron chi connectivity index (χ0n) is 14.1. The molecule has 0 bridgehead atoms. The second-order valence-electron chi connectivity index (χ2n) is 5.42. The second-order valence-corrected chi connectivity index (χ2v) is 5.42. The minimum absolute atomic E-state index is 0.0982. The number of halogens is 1. The lowest BCUT2D eigenvalue weighted by Crippen LogP contribution is -2.15. The number of para-hydroxylation sites is 1. The van der Waals surface area contributed by atoms with E-state index in [-0.39, 0.29) is 11.4 Å². The molecular formula is C19H17FN4O2. The number of nitrogens with zero attached hydrogens (tertiary/aromatic N) is 2. The number of ether oxygens (including phenoxy) is 1. The molecule has 0 atom stereocenters. The van der Waals surface area contributed by atoms with E-state index in [1.54, 1.807) is 19.2 Å². The molecule has 0 aliphatic carbocycles. The predicted molar refractivity (Wildman–Crippen MR) is 96.7 cm³/mol. The molecular weight excluding hydrogens is 335 g/mol. The van der Waals surface area contributed by atoms with E-state index in [9.17, 15) is 9.18 Å². The molecule has 0 radical (unpaired) electrons. The topological polar surface area (TPSA) is 76.1 Å². The van der Waals surface area contributed by atoms with Gasteiger partial charge in [-0.1, -0.05) is 24.3 Å². The van der Waals surface area contributed by atoms with Crippen molar-refractivity contribution in [2.75, 3.05) is 17.7 Å². The summed E-state index contributed by atoms with van der Waals surface area (Å²) in [6.07, 6.45) is 2.80. The highest BCUT2D eigenvalue weighted by Gasteiger charge is 2.10. The van der Waals surface area contributed by atoms with Crippen molar-refractivity contribution in [1.82, 2.24) is 9.97 Å². The summed E-state index contributed by atoms with van der Waals surface area (Å²) in [7, 11) is 1.62. The first-order chi connectivity index (χ1) is 12.7. The number of hydrogen-bond donors (Lipinski definition) is 2. The van der Waals surface area contributed by atoms with Gasteiger partial charge in [0.2, 0.25) is 0 Å². The summed E-state index contributed by atoms with van der Waals surface area (Å²) in [5, 5.41) is 5.58. The van der Waals surface area contributed by atoms with Gasteiger partial charge < -0.3 is 15.4 Å². The van der Waals surface area contributed by atoms with Gasteiger partial charge in [0, 0.05) is 6.54 Å². The molecule has 132 valence electrons. The zero-order valence-corrected chi connectivity index (χ0v) is 14.1. The van der Waals surface area contributed by atoms with Crippen LogP contribution in [0.4, 0.5) is 15.9 Å². The van der Waals surface area contributed by atoms with E-state index in [0.717, 1.165) is 11.3 Å². The van der Waals surface area contributed by atoms with Crippen LogP contribution in [-0.4, -0.2) is 23.0 Å².